The van der Waals surface area contributed by atoms with Crippen LogP contribution in [0.4, 0.5) is 0 Å². The van der Waals surface area contributed by atoms with Crippen molar-refractivity contribution in [2.75, 3.05) is 13.1 Å². The van der Waals surface area contributed by atoms with Gasteiger partial charge < -0.3 is 15.2 Å². The Morgan fingerprint density at radius 2 is 1.82 bits per heavy atom. The topological polar surface area (TPSA) is 41.5 Å². The van der Waals surface area contributed by atoms with Gasteiger partial charge in [-0.25, -0.2) is 0 Å². The molecule has 0 amide bonds. The summed E-state index contributed by atoms with van der Waals surface area (Å²) in [5, 5.41) is 14.4. The predicted molar refractivity (Wildman–Crippen MR) is 69.0 cm³/mol. The van der Waals surface area contributed by atoms with E-state index in [1.54, 1.807) is 0 Å². The van der Waals surface area contributed by atoms with Crippen LogP contribution in [-0.4, -0.2) is 35.0 Å². The molecule has 100 valence electrons. The minimum Gasteiger partial charge on any atom is -0.389 e. The number of rotatable bonds is 1. The average molecular weight is 241 g/mol. The summed E-state index contributed by atoms with van der Waals surface area (Å²) in [5.41, 5.74) is -0.882. The van der Waals surface area contributed by atoms with E-state index in [1.165, 1.54) is 0 Å². The van der Waals surface area contributed by atoms with E-state index in [-0.39, 0.29) is 17.1 Å². The van der Waals surface area contributed by atoms with Crippen LogP contribution in [0, 0.1) is 5.92 Å². The zero-order valence-electron chi connectivity index (χ0n) is 11.7. The first-order valence-electron chi connectivity index (χ1n) is 6.89. The van der Waals surface area contributed by atoms with Crippen molar-refractivity contribution in [2.45, 2.75) is 70.2 Å². The molecule has 0 spiro atoms. The van der Waals surface area contributed by atoms with Crippen molar-refractivity contribution in [2.24, 2.45) is 5.92 Å². The molecule has 2 aliphatic heterocycles. The van der Waals surface area contributed by atoms with Gasteiger partial charge in [-0.1, -0.05) is 0 Å². The molecule has 2 N–H and O–H groups in total. The SMILES string of the molecule is CC1(C)CC(C2(O)CCCNCC2)C(C)(C)O1. The first-order valence-corrected chi connectivity index (χ1v) is 6.89. The Balaban J connectivity index is 2.20. The third-order valence-corrected chi connectivity index (χ3v) is 4.42. The number of aliphatic hydroxyl groups is 1. The second kappa shape index (κ2) is 4.22. The van der Waals surface area contributed by atoms with Gasteiger partial charge in [-0.2, -0.15) is 0 Å². The lowest BCUT2D eigenvalue weighted by Crippen LogP contribution is -2.47. The molecular weight excluding hydrogens is 214 g/mol. The van der Waals surface area contributed by atoms with Crippen molar-refractivity contribution < 1.29 is 9.84 Å². The quantitative estimate of drug-likeness (QED) is 0.738. The van der Waals surface area contributed by atoms with Crippen LogP contribution in [0.25, 0.3) is 0 Å². The molecule has 0 aliphatic carbocycles. The summed E-state index contributed by atoms with van der Waals surface area (Å²) >= 11 is 0. The highest BCUT2D eigenvalue weighted by molar-refractivity contribution is 5.04. The zero-order chi connectivity index (χ0) is 12.7. The third-order valence-electron chi connectivity index (χ3n) is 4.42. The van der Waals surface area contributed by atoms with Crippen molar-refractivity contribution in [3.05, 3.63) is 0 Å². The van der Waals surface area contributed by atoms with E-state index in [0.29, 0.717) is 0 Å². The van der Waals surface area contributed by atoms with Gasteiger partial charge in [0.25, 0.3) is 0 Å². The van der Waals surface area contributed by atoms with Gasteiger partial charge in [0.2, 0.25) is 0 Å². The summed E-state index contributed by atoms with van der Waals surface area (Å²) in [6.07, 6.45) is 3.76. The molecule has 0 bridgehead atoms. The lowest BCUT2D eigenvalue weighted by Gasteiger charge is -2.39. The van der Waals surface area contributed by atoms with E-state index < -0.39 is 5.60 Å². The van der Waals surface area contributed by atoms with Gasteiger partial charge in [-0.15, -0.1) is 0 Å². The van der Waals surface area contributed by atoms with E-state index in [2.05, 4.69) is 33.0 Å². The number of nitrogens with one attached hydrogen (secondary N) is 1. The Kier molecular flexibility index (Phi) is 3.30. The van der Waals surface area contributed by atoms with Gasteiger partial charge in [0, 0.05) is 5.92 Å². The molecule has 0 saturated carbocycles. The van der Waals surface area contributed by atoms with Crippen LogP contribution < -0.4 is 5.32 Å². The van der Waals surface area contributed by atoms with Crippen LogP contribution in [0.15, 0.2) is 0 Å². The largest absolute Gasteiger partial charge is 0.389 e. The summed E-state index contributed by atoms with van der Waals surface area (Å²) in [6.45, 7) is 10.5. The van der Waals surface area contributed by atoms with Gasteiger partial charge in [0.15, 0.2) is 0 Å². The molecule has 0 radical (unpaired) electrons. The van der Waals surface area contributed by atoms with Gasteiger partial charge in [0.1, 0.15) is 0 Å². The van der Waals surface area contributed by atoms with Crippen LogP contribution in [0.1, 0.15) is 53.4 Å². The molecule has 2 aliphatic rings. The highest BCUT2D eigenvalue weighted by Gasteiger charge is 2.54. The summed E-state index contributed by atoms with van der Waals surface area (Å²) in [4.78, 5) is 0. The maximum Gasteiger partial charge on any atom is 0.0716 e. The van der Waals surface area contributed by atoms with E-state index in [0.717, 1.165) is 38.8 Å². The summed E-state index contributed by atoms with van der Waals surface area (Å²) < 4.78 is 6.13. The van der Waals surface area contributed by atoms with Crippen LogP contribution in [0.5, 0.6) is 0 Å². The van der Waals surface area contributed by atoms with Crippen molar-refractivity contribution in [3.8, 4) is 0 Å². The summed E-state index contributed by atoms with van der Waals surface area (Å²) in [5.74, 6) is 0.241. The minimum atomic E-state index is -0.555. The summed E-state index contributed by atoms with van der Waals surface area (Å²) in [6, 6.07) is 0. The Labute approximate surface area is 105 Å². The van der Waals surface area contributed by atoms with Gasteiger partial charge in [-0.3, -0.25) is 0 Å². The van der Waals surface area contributed by atoms with Gasteiger partial charge in [0.05, 0.1) is 16.8 Å². The Hall–Kier alpha value is -0.120. The van der Waals surface area contributed by atoms with E-state index in [1.807, 2.05) is 0 Å². The van der Waals surface area contributed by atoms with Gasteiger partial charge >= 0.3 is 0 Å². The van der Waals surface area contributed by atoms with Gasteiger partial charge in [-0.05, 0) is 66.5 Å². The first-order chi connectivity index (χ1) is 7.75. The molecule has 2 unspecified atom stereocenters. The molecule has 2 heterocycles. The standard InChI is InChI=1S/C14H27NO2/c1-12(2)10-11(13(3,4)17-12)14(16)6-5-8-15-9-7-14/h11,15-16H,5-10H2,1-4H3. The number of hydrogen-bond donors (Lipinski definition) is 2. The van der Waals surface area contributed by atoms with E-state index >= 15 is 0 Å². The monoisotopic (exact) mass is 241 g/mol. The van der Waals surface area contributed by atoms with E-state index in [9.17, 15) is 5.11 Å². The molecule has 2 saturated heterocycles. The Bertz CT molecular complexity index is 278. The second-order valence-electron chi connectivity index (χ2n) is 6.93. The number of hydrogen-bond acceptors (Lipinski definition) is 3. The maximum absolute atomic E-state index is 11.0. The normalized spacial score (nSPS) is 41.1. The Morgan fingerprint density at radius 3 is 2.41 bits per heavy atom. The fourth-order valence-corrected chi connectivity index (χ4v) is 3.82. The molecule has 3 heteroatoms. The minimum absolute atomic E-state index is 0.108. The molecule has 0 aromatic rings. The lowest BCUT2D eigenvalue weighted by atomic mass is 9.71. The van der Waals surface area contributed by atoms with Crippen molar-refractivity contribution >= 4 is 0 Å². The number of ether oxygens (including phenoxy) is 1. The van der Waals surface area contributed by atoms with Crippen molar-refractivity contribution in [1.82, 2.24) is 5.32 Å². The molecule has 3 nitrogen and oxygen atoms in total. The molecule has 0 aromatic carbocycles. The molecular formula is C14H27NO2. The fraction of sp³-hybridized carbons (Fsp3) is 1.00. The Morgan fingerprint density at radius 1 is 1.12 bits per heavy atom. The summed E-state index contributed by atoms with van der Waals surface area (Å²) in [7, 11) is 0. The van der Waals surface area contributed by atoms with E-state index in [4.69, 9.17) is 4.74 Å². The average Bonchev–Trinajstić information content (AvgIpc) is 2.37. The van der Waals surface area contributed by atoms with Crippen LogP contribution in [-0.2, 0) is 4.74 Å². The van der Waals surface area contributed by atoms with Crippen LogP contribution in [0.2, 0.25) is 0 Å². The molecule has 2 rings (SSSR count). The lowest BCUT2D eigenvalue weighted by molar-refractivity contribution is -0.116. The van der Waals surface area contributed by atoms with Crippen molar-refractivity contribution in [3.63, 3.8) is 0 Å². The highest BCUT2D eigenvalue weighted by atomic mass is 16.5. The molecule has 2 atom stereocenters. The fourth-order valence-electron chi connectivity index (χ4n) is 3.82. The zero-order valence-corrected chi connectivity index (χ0v) is 11.7. The molecule has 17 heavy (non-hydrogen) atoms. The second-order valence-corrected chi connectivity index (χ2v) is 6.93. The smallest absolute Gasteiger partial charge is 0.0716 e. The highest BCUT2D eigenvalue weighted by Crippen LogP contribution is 2.49. The third kappa shape index (κ3) is 2.67. The van der Waals surface area contributed by atoms with Crippen LogP contribution >= 0.6 is 0 Å². The molecule has 2 fully saturated rings. The predicted octanol–water partition coefficient (Wildman–Crippen LogP) is 2.08. The first kappa shape index (κ1) is 13.3. The maximum atomic E-state index is 11.0. The molecule has 0 aromatic heterocycles. The van der Waals surface area contributed by atoms with Crippen LogP contribution in [0.3, 0.4) is 0 Å². The van der Waals surface area contributed by atoms with Crippen molar-refractivity contribution in [1.29, 1.82) is 0 Å².